The summed E-state index contributed by atoms with van der Waals surface area (Å²) in [6.07, 6.45) is 1.84. The average Bonchev–Trinajstić information content (AvgIpc) is 2.52. The van der Waals surface area contributed by atoms with Gasteiger partial charge in [-0.05, 0) is 13.0 Å². The smallest absolute Gasteiger partial charge is 0.234 e. The van der Waals surface area contributed by atoms with E-state index in [9.17, 15) is 0 Å². The van der Waals surface area contributed by atoms with E-state index in [1.165, 1.54) is 0 Å². The van der Waals surface area contributed by atoms with Crippen LogP contribution in [0.4, 0.5) is 5.95 Å². The summed E-state index contributed by atoms with van der Waals surface area (Å²) in [7, 11) is 0. The van der Waals surface area contributed by atoms with Crippen LogP contribution in [0, 0.1) is 6.92 Å². The number of aryl methyl sites for hydroxylation is 1. The fourth-order valence-electron chi connectivity index (χ4n) is 1.15. The molecule has 0 aromatic carbocycles. The number of aromatic nitrogens is 3. The number of H-pyrrole nitrogens is 1. The Morgan fingerprint density at radius 3 is 3.08 bits per heavy atom. The first-order valence-corrected chi connectivity index (χ1v) is 3.98. The molecule has 2 heterocycles. The number of nitrogens with one attached hydrogen (secondary N) is 2. The minimum atomic E-state index is 0.519. The van der Waals surface area contributed by atoms with Gasteiger partial charge in [0.1, 0.15) is 5.65 Å². The van der Waals surface area contributed by atoms with Crippen LogP contribution in [0.5, 0.6) is 0 Å². The van der Waals surface area contributed by atoms with Crippen LogP contribution in [0.15, 0.2) is 12.3 Å². The number of aromatic amines is 1. The molecule has 62 valence electrons. The molecule has 5 heteroatoms. The molecule has 0 unspecified atom stereocenters. The van der Waals surface area contributed by atoms with Gasteiger partial charge < -0.3 is 9.71 Å². The molecule has 2 rings (SSSR count). The fraction of sp³-hybridized carbons (Fsp3) is 0.143. The van der Waals surface area contributed by atoms with Crippen molar-refractivity contribution >= 4 is 29.8 Å². The molecule has 0 fully saturated rings. The van der Waals surface area contributed by atoms with E-state index in [1.54, 1.807) is 0 Å². The Hall–Kier alpha value is -1.23. The lowest BCUT2D eigenvalue weighted by atomic mass is 10.3. The highest BCUT2D eigenvalue weighted by Crippen LogP contribution is 2.15. The summed E-state index contributed by atoms with van der Waals surface area (Å²) in [6, 6.07) is 1.95. The van der Waals surface area contributed by atoms with Gasteiger partial charge in [0, 0.05) is 11.6 Å². The van der Waals surface area contributed by atoms with Crippen LogP contribution in [0.25, 0.3) is 11.0 Å². The Labute approximate surface area is 75.0 Å². The molecular formula is C7H8N4S. The van der Waals surface area contributed by atoms with Gasteiger partial charge in [-0.3, -0.25) is 0 Å². The number of hydrogen-bond donors (Lipinski definition) is 3. The van der Waals surface area contributed by atoms with Crippen molar-refractivity contribution < 1.29 is 0 Å². The van der Waals surface area contributed by atoms with Gasteiger partial charge in [0.15, 0.2) is 0 Å². The summed E-state index contributed by atoms with van der Waals surface area (Å²) in [5.41, 5.74) is 1.77. The molecule has 0 amide bonds. The highest BCUT2D eigenvalue weighted by molar-refractivity contribution is 7.81. The predicted octanol–water partition coefficient (Wildman–Crippen LogP) is 1.52. The molecule has 2 aromatic rings. The molecule has 0 saturated heterocycles. The van der Waals surface area contributed by atoms with Crippen molar-refractivity contribution in [2.24, 2.45) is 0 Å². The Kier molecular flexibility index (Phi) is 1.65. The van der Waals surface area contributed by atoms with Crippen molar-refractivity contribution in [2.75, 3.05) is 4.72 Å². The molecule has 2 N–H and O–H groups in total. The molecule has 0 atom stereocenters. The molecule has 0 aliphatic rings. The van der Waals surface area contributed by atoms with Crippen molar-refractivity contribution in [2.45, 2.75) is 6.92 Å². The Balaban J connectivity index is 2.75. The van der Waals surface area contributed by atoms with Gasteiger partial charge in [-0.25, -0.2) is 4.98 Å². The molecule has 0 bridgehead atoms. The third-order valence-electron chi connectivity index (χ3n) is 1.71. The summed E-state index contributed by atoms with van der Waals surface area (Å²) in [6.45, 7) is 1.94. The lowest BCUT2D eigenvalue weighted by Gasteiger charge is -1.99. The first-order valence-electron chi connectivity index (χ1n) is 3.53. The zero-order chi connectivity index (χ0) is 8.55. The summed E-state index contributed by atoms with van der Waals surface area (Å²) in [5, 5.41) is 1.04. The normalized spacial score (nSPS) is 10.5. The van der Waals surface area contributed by atoms with E-state index in [-0.39, 0.29) is 0 Å². The van der Waals surface area contributed by atoms with Crippen LogP contribution in [0.2, 0.25) is 0 Å². The van der Waals surface area contributed by atoms with Gasteiger partial charge in [0.05, 0.1) is 5.69 Å². The van der Waals surface area contributed by atoms with E-state index in [0.717, 1.165) is 16.7 Å². The predicted molar refractivity (Wildman–Crippen MR) is 51.2 cm³/mol. The van der Waals surface area contributed by atoms with Gasteiger partial charge in [0.2, 0.25) is 5.95 Å². The second-order valence-corrected chi connectivity index (χ2v) is 2.71. The Morgan fingerprint density at radius 2 is 2.33 bits per heavy atom. The maximum atomic E-state index is 4.17. The van der Waals surface area contributed by atoms with Crippen molar-refractivity contribution in [1.82, 2.24) is 15.0 Å². The quantitative estimate of drug-likeness (QED) is 0.583. The lowest BCUT2D eigenvalue weighted by Crippen LogP contribution is -1.93. The van der Waals surface area contributed by atoms with Gasteiger partial charge in [0.25, 0.3) is 0 Å². The maximum Gasteiger partial charge on any atom is 0.234 e. The minimum Gasteiger partial charge on any atom is -0.346 e. The van der Waals surface area contributed by atoms with Crippen LogP contribution >= 0.6 is 12.8 Å². The summed E-state index contributed by atoms with van der Waals surface area (Å²) < 4.78 is 2.60. The molecule has 0 radical (unpaired) electrons. The molecule has 0 aliphatic carbocycles. The summed E-state index contributed by atoms with van der Waals surface area (Å²) in [5.74, 6) is 0.519. The van der Waals surface area contributed by atoms with E-state index in [4.69, 9.17) is 0 Å². The van der Waals surface area contributed by atoms with E-state index >= 15 is 0 Å². The second kappa shape index (κ2) is 2.67. The molecule has 12 heavy (non-hydrogen) atoms. The first kappa shape index (κ1) is 7.42. The van der Waals surface area contributed by atoms with Crippen molar-refractivity contribution in [3.05, 3.63) is 18.0 Å². The summed E-state index contributed by atoms with van der Waals surface area (Å²) >= 11 is 3.87. The molecule has 4 nitrogen and oxygen atoms in total. The van der Waals surface area contributed by atoms with Gasteiger partial charge >= 0.3 is 0 Å². The SMILES string of the molecule is Cc1nc(NS)nc2[nH]ccc12. The molecular weight excluding hydrogens is 172 g/mol. The number of fused-ring (bicyclic) bond motifs is 1. The number of rotatable bonds is 1. The molecule has 0 aliphatic heterocycles. The van der Waals surface area contributed by atoms with Crippen LogP contribution in [0.1, 0.15) is 5.69 Å². The molecule has 0 saturated carbocycles. The van der Waals surface area contributed by atoms with Crippen molar-refractivity contribution in [3.8, 4) is 0 Å². The van der Waals surface area contributed by atoms with Crippen LogP contribution in [-0.2, 0) is 0 Å². The fourth-order valence-corrected chi connectivity index (χ4v) is 1.25. The largest absolute Gasteiger partial charge is 0.346 e. The number of thiol groups is 1. The van der Waals surface area contributed by atoms with Crippen LogP contribution in [-0.4, -0.2) is 15.0 Å². The average molecular weight is 180 g/mol. The Morgan fingerprint density at radius 1 is 1.50 bits per heavy atom. The Bertz CT molecular complexity index is 409. The lowest BCUT2D eigenvalue weighted by molar-refractivity contribution is 1.16. The van der Waals surface area contributed by atoms with Crippen molar-refractivity contribution in [1.29, 1.82) is 0 Å². The van der Waals surface area contributed by atoms with Gasteiger partial charge in [-0.15, -0.1) is 0 Å². The van der Waals surface area contributed by atoms with E-state index in [1.807, 2.05) is 19.2 Å². The van der Waals surface area contributed by atoms with Crippen LogP contribution < -0.4 is 4.72 Å². The summed E-state index contributed by atoms with van der Waals surface area (Å²) in [4.78, 5) is 11.3. The number of hydrogen-bond acceptors (Lipinski definition) is 4. The maximum absolute atomic E-state index is 4.17. The zero-order valence-electron chi connectivity index (χ0n) is 6.50. The number of anilines is 1. The standard InChI is InChI=1S/C7H8N4S/c1-4-5-2-3-8-6(5)10-7(9-4)11-12/h2-3,12H,1H3,(H2,8,9,10,11). The highest BCUT2D eigenvalue weighted by Gasteiger charge is 2.02. The van der Waals surface area contributed by atoms with E-state index in [2.05, 4.69) is 32.5 Å². The number of nitrogens with zero attached hydrogens (tertiary/aromatic N) is 2. The van der Waals surface area contributed by atoms with Crippen LogP contribution in [0.3, 0.4) is 0 Å². The topological polar surface area (TPSA) is 53.6 Å². The van der Waals surface area contributed by atoms with E-state index < -0.39 is 0 Å². The minimum absolute atomic E-state index is 0.519. The van der Waals surface area contributed by atoms with Crippen molar-refractivity contribution in [3.63, 3.8) is 0 Å². The third kappa shape index (κ3) is 1.02. The van der Waals surface area contributed by atoms with Gasteiger partial charge in [-0.1, -0.05) is 12.8 Å². The van der Waals surface area contributed by atoms with Gasteiger partial charge in [-0.2, -0.15) is 4.98 Å². The first-order chi connectivity index (χ1) is 5.81. The molecule has 0 spiro atoms. The van der Waals surface area contributed by atoms with E-state index in [0.29, 0.717) is 5.95 Å². The monoisotopic (exact) mass is 180 g/mol. The molecule has 2 aromatic heterocycles. The second-order valence-electron chi connectivity index (χ2n) is 2.48. The zero-order valence-corrected chi connectivity index (χ0v) is 7.39. The highest BCUT2D eigenvalue weighted by atomic mass is 32.1. The third-order valence-corrected chi connectivity index (χ3v) is 1.91.